The molecule has 0 spiro atoms. The van der Waals surface area contributed by atoms with Crippen LogP contribution in [0, 0.1) is 11.8 Å². The molecule has 1 aromatic carbocycles. The molecule has 6 heteroatoms. The minimum atomic E-state index is -1.04. The SMILES string of the molecule is O=C1[C@H]2[C@H]3C=C[C@@](CO)(O3)[C@H]2C(=O)N1c1ccc(Br)cc1. The zero-order valence-electron chi connectivity index (χ0n) is 10.9. The maximum atomic E-state index is 12.7. The van der Waals surface area contributed by atoms with Crippen molar-refractivity contribution in [2.45, 2.75) is 11.7 Å². The summed E-state index contributed by atoms with van der Waals surface area (Å²) < 4.78 is 6.56. The van der Waals surface area contributed by atoms with E-state index in [2.05, 4.69) is 15.9 Å². The fraction of sp³-hybridized carbons (Fsp3) is 0.333. The highest BCUT2D eigenvalue weighted by Gasteiger charge is 2.67. The van der Waals surface area contributed by atoms with Gasteiger partial charge < -0.3 is 9.84 Å². The Hall–Kier alpha value is -1.50. The topological polar surface area (TPSA) is 66.8 Å². The number of fused-ring (bicyclic) bond motifs is 5. The minimum Gasteiger partial charge on any atom is -0.393 e. The van der Waals surface area contributed by atoms with E-state index in [9.17, 15) is 14.7 Å². The predicted molar refractivity (Wildman–Crippen MR) is 77.4 cm³/mol. The van der Waals surface area contributed by atoms with Crippen LogP contribution >= 0.6 is 15.9 Å². The number of imide groups is 1. The molecule has 2 saturated heterocycles. The molecular weight excluding hydrogens is 338 g/mol. The van der Waals surface area contributed by atoms with Gasteiger partial charge in [0.15, 0.2) is 0 Å². The highest BCUT2D eigenvalue weighted by atomic mass is 79.9. The monoisotopic (exact) mass is 349 g/mol. The molecule has 4 atom stereocenters. The number of aliphatic hydroxyl groups is 1. The molecular formula is C15H12BrNO4. The Kier molecular flexibility index (Phi) is 2.67. The third kappa shape index (κ3) is 1.58. The average molecular weight is 350 g/mol. The van der Waals surface area contributed by atoms with E-state index in [4.69, 9.17) is 4.74 Å². The lowest BCUT2D eigenvalue weighted by Crippen LogP contribution is -2.43. The van der Waals surface area contributed by atoms with Gasteiger partial charge in [-0.15, -0.1) is 0 Å². The third-order valence-corrected chi connectivity index (χ3v) is 5.02. The summed E-state index contributed by atoms with van der Waals surface area (Å²) in [4.78, 5) is 26.6. The predicted octanol–water partition coefficient (Wildman–Crippen LogP) is 1.25. The third-order valence-electron chi connectivity index (χ3n) is 4.49. The van der Waals surface area contributed by atoms with Crippen LogP contribution in [0.15, 0.2) is 40.9 Å². The number of nitrogens with zero attached hydrogens (tertiary/aromatic N) is 1. The number of benzene rings is 1. The smallest absolute Gasteiger partial charge is 0.241 e. The second kappa shape index (κ2) is 4.25. The van der Waals surface area contributed by atoms with E-state index < -0.39 is 23.5 Å². The number of aliphatic hydroxyl groups excluding tert-OH is 1. The maximum absolute atomic E-state index is 12.7. The average Bonchev–Trinajstić information content (AvgIpc) is 3.12. The molecule has 3 aliphatic rings. The first-order chi connectivity index (χ1) is 10.1. The van der Waals surface area contributed by atoms with Gasteiger partial charge in [0, 0.05) is 4.47 Å². The summed E-state index contributed by atoms with van der Waals surface area (Å²) in [5, 5.41) is 9.62. The van der Waals surface area contributed by atoms with Crippen molar-refractivity contribution in [2.75, 3.05) is 11.5 Å². The van der Waals surface area contributed by atoms with Gasteiger partial charge in [0.2, 0.25) is 11.8 Å². The van der Waals surface area contributed by atoms with Crippen LogP contribution in [-0.4, -0.2) is 35.2 Å². The van der Waals surface area contributed by atoms with Gasteiger partial charge in [-0.3, -0.25) is 9.59 Å². The van der Waals surface area contributed by atoms with Gasteiger partial charge >= 0.3 is 0 Å². The van der Waals surface area contributed by atoms with Gasteiger partial charge in [0.25, 0.3) is 0 Å². The molecule has 1 N–H and O–H groups in total. The molecule has 0 unspecified atom stereocenters. The Morgan fingerprint density at radius 3 is 2.62 bits per heavy atom. The molecule has 0 aliphatic carbocycles. The van der Waals surface area contributed by atoms with Crippen molar-refractivity contribution in [1.29, 1.82) is 0 Å². The largest absolute Gasteiger partial charge is 0.393 e. The second-order valence-electron chi connectivity index (χ2n) is 5.55. The van der Waals surface area contributed by atoms with Crippen molar-refractivity contribution < 1.29 is 19.4 Å². The fourth-order valence-corrected chi connectivity index (χ4v) is 3.79. The van der Waals surface area contributed by atoms with E-state index in [1.807, 2.05) is 0 Å². The quantitative estimate of drug-likeness (QED) is 0.644. The number of carbonyl (C=O) groups is 2. The Labute approximate surface area is 129 Å². The summed E-state index contributed by atoms with van der Waals surface area (Å²) in [6.45, 7) is -0.297. The van der Waals surface area contributed by atoms with E-state index in [1.54, 1.807) is 36.4 Å². The number of amides is 2. The number of halogens is 1. The molecule has 3 heterocycles. The summed E-state index contributed by atoms with van der Waals surface area (Å²) in [5.41, 5.74) is -0.485. The lowest BCUT2D eigenvalue weighted by Gasteiger charge is -2.26. The molecule has 2 bridgehead atoms. The van der Waals surface area contributed by atoms with Gasteiger partial charge in [0.1, 0.15) is 5.60 Å². The first-order valence-electron chi connectivity index (χ1n) is 6.69. The van der Waals surface area contributed by atoms with Crippen LogP contribution < -0.4 is 4.90 Å². The van der Waals surface area contributed by atoms with Crippen LogP contribution in [0.4, 0.5) is 5.69 Å². The van der Waals surface area contributed by atoms with Crippen molar-refractivity contribution in [1.82, 2.24) is 0 Å². The van der Waals surface area contributed by atoms with Crippen LogP contribution in [0.25, 0.3) is 0 Å². The van der Waals surface area contributed by atoms with Crippen molar-refractivity contribution in [2.24, 2.45) is 11.8 Å². The van der Waals surface area contributed by atoms with Gasteiger partial charge in [-0.05, 0) is 24.3 Å². The van der Waals surface area contributed by atoms with E-state index in [-0.39, 0.29) is 18.4 Å². The molecule has 5 nitrogen and oxygen atoms in total. The zero-order valence-corrected chi connectivity index (χ0v) is 12.5. The number of rotatable bonds is 2. The minimum absolute atomic E-state index is 0.253. The fourth-order valence-electron chi connectivity index (χ4n) is 3.53. The second-order valence-corrected chi connectivity index (χ2v) is 6.46. The summed E-state index contributed by atoms with van der Waals surface area (Å²) >= 11 is 3.33. The van der Waals surface area contributed by atoms with Crippen LogP contribution in [0.1, 0.15) is 0 Å². The van der Waals surface area contributed by atoms with Gasteiger partial charge in [0.05, 0.1) is 30.2 Å². The Bertz CT molecular complexity index is 671. The molecule has 3 aliphatic heterocycles. The lowest BCUT2D eigenvalue weighted by atomic mass is 9.77. The molecule has 0 saturated carbocycles. The van der Waals surface area contributed by atoms with Crippen LogP contribution in [0.5, 0.6) is 0 Å². The van der Waals surface area contributed by atoms with E-state index in [0.29, 0.717) is 5.69 Å². The first kappa shape index (κ1) is 13.2. The van der Waals surface area contributed by atoms with Crippen LogP contribution in [-0.2, 0) is 14.3 Å². The van der Waals surface area contributed by atoms with E-state index >= 15 is 0 Å². The summed E-state index contributed by atoms with van der Waals surface area (Å²) in [7, 11) is 0. The van der Waals surface area contributed by atoms with Gasteiger partial charge in [-0.1, -0.05) is 28.1 Å². The van der Waals surface area contributed by atoms with Gasteiger partial charge in [-0.2, -0.15) is 0 Å². The van der Waals surface area contributed by atoms with Gasteiger partial charge in [-0.25, -0.2) is 4.90 Å². The number of ether oxygens (including phenoxy) is 1. The molecule has 108 valence electrons. The summed E-state index contributed by atoms with van der Waals surface area (Å²) in [6.07, 6.45) is 3.07. The highest BCUT2D eigenvalue weighted by Crippen LogP contribution is 2.52. The molecule has 4 rings (SSSR count). The van der Waals surface area contributed by atoms with Crippen molar-refractivity contribution in [3.05, 3.63) is 40.9 Å². The molecule has 2 fully saturated rings. The lowest BCUT2D eigenvalue weighted by molar-refractivity contribution is -0.128. The van der Waals surface area contributed by atoms with Crippen LogP contribution in [0.2, 0.25) is 0 Å². The number of hydrogen-bond donors (Lipinski definition) is 1. The number of hydrogen-bond acceptors (Lipinski definition) is 4. The Balaban J connectivity index is 1.77. The van der Waals surface area contributed by atoms with Crippen molar-refractivity contribution >= 4 is 33.4 Å². The van der Waals surface area contributed by atoms with E-state index in [0.717, 1.165) is 4.47 Å². The van der Waals surface area contributed by atoms with Crippen LogP contribution in [0.3, 0.4) is 0 Å². The standard InChI is InChI=1S/C15H12BrNO4/c16-8-1-3-9(4-2-8)17-13(19)11-10-5-6-15(7-18,21-10)12(11)14(17)20/h1-6,10-12,18H,7H2/t10-,11+,12-,15+/m1/s1. The Morgan fingerprint density at radius 2 is 1.95 bits per heavy atom. The number of anilines is 1. The maximum Gasteiger partial charge on any atom is 0.241 e. The summed E-state index contributed by atoms with van der Waals surface area (Å²) in [6, 6.07) is 7.02. The zero-order chi connectivity index (χ0) is 14.8. The highest BCUT2D eigenvalue weighted by molar-refractivity contribution is 9.10. The molecule has 1 aromatic rings. The Morgan fingerprint density at radius 1 is 1.24 bits per heavy atom. The van der Waals surface area contributed by atoms with Crippen molar-refractivity contribution in [3.63, 3.8) is 0 Å². The first-order valence-corrected chi connectivity index (χ1v) is 7.48. The molecule has 21 heavy (non-hydrogen) atoms. The van der Waals surface area contributed by atoms with Crippen molar-refractivity contribution in [3.8, 4) is 0 Å². The number of carbonyl (C=O) groups excluding carboxylic acids is 2. The summed E-state index contributed by atoms with van der Waals surface area (Å²) in [5.74, 6) is -1.71. The van der Waals surface area contributed by atoms with E-state index in [1.165, 1.54) is 4.90 Å². The molecule has 2 amide bonds. The normalized spacial score (nSPS) is 36.7. The molecule has 0 aromatic heterocycles. The molecule has 0 radical (unpaired) electrons.